The lowest BCUT2D eigenvalue weighted by atomic mass is 9.83. The van der Waals surface area contributed by atoms with Gasteiger partial charge in [0.1, 0.15) is 0 Å². The Kier molecular flexibility index (Phi) is 5.60. The molecule has 1 aliphatic rings. The summed E-state index contributed by atoms with van der Waals surface area (Å²) >= 11 is 0. The first-order valence-corrected chi connectivity index (χ1v) is 7.15. The maximum Gasteiger partial charge on any atom is 0.236 e. The van der Waals surface area contributed by atoms with Crippen molar-refractivity contribution in [3.8, 4) is 0 Å². The fraction of sp³-hybridized carbons (Fsp3) is 0.929. The Morgan fingerprint density at radius 2 is 1.78 bits per heavy atom. The number of hydrogen-bond donors (Lipinski definition) is 1. The number of rotatable bonds is 7. The van der Waals surface area contributed by atoms with Gasteiger partial charge in [-0.05, 0) is 18.8 Å². The van der Waals surface area contributed by atoms with Crippen molar-refractivity contribution in [2.75, 3.05) is 32.7 Å². The Balaban J connectivity index is 2.37. The molecule has 0 aromatic rings. The van der Waals surface area contributed by atoms with Gasteiger partial charge in [-0.15, -0.1) is 0 Å². The highest BCUT2D eigenvalue weighted by Crippen LogP contribution is 2.28. The van der Waals surface area contributed by atoms with Crippen molar-refractivity contribution < 1.29 is 9.90 Å². The fourth-order valence-corrected chi connectivity index (χ4v) is 2.40. The van der Waals surface area contributed by atoms with E-state index in [1.165, 1.54) is 0 Å². The van der Waals surface area contributed by atoms with Crippen LogP contribution >= 0.6 is 0 Å². The van der Waals surface area contributed by atoms with E-state index in [4.69, 9.17) is 0 Å². The molecule has 106 valence electrons. The monoisotopic (exact) mass is 256 g/mol. The molecule has 1 saturated heterocycles. The van der Waals surface area contributed by atoms with E-state index in [9.17, 15) is 9.90 Å². The molecule has 0 bridgehead atoms. The van der Waals surface area contributed by atoms with Crippen LogP contribution in [0.4, 0.5) is 0 Å². The molecule has 1 fully saturated rings. The van der Waals surface area contributed by atoms with Gasteiger partial charge in [0.2, 0.25) is 5.91 Å². The van der Waals surface area contributed by atoms with Gasteiger partial charge < -0.3 is 10.0 Å². The zero-order valence-corrected chi connectivity index (χ0v) is 12.3. The molecule has 0 radical (unpaired) electrons. The fourth-order valence-electron chi connectivity index (χ4n) is 2.40. The Hall–Kier alpha value is -0.610. The molecule has 4 heteroatoms. The predicted molar refractivity (Wildman–Crippen MR) is 73.4 cm³/mol. The van der Waals surface area contributed by atoms with Crippen LogP contribution in [0.25, 0.3) is 0 Å². The number of aliphatic hydroxyl groups is 1. The number of β-amino-alcohol motifs (C(OH)–C–C–N with tert-alkyl or cyclic N) is 1. The molecule has 0 aromatic heterocycles. The Morgan fingerprint density at radius 1 is 1.28 bits per heavy atom. The minimum Gasteiger partial charge on any atom is -0.387 e. The molecule has 1 rings (SSSR count). The lowest BCUT2D eigenvalue weighted by Gasteiger charge is -2.49. The van der Waals surface area contributed by atoms with Crippen molar-refractivity contribution in [3.63, 3.8) is 0 Å². The third kappa shape index (κ3) is 3.69. The number of carbonyl (C=O) groups excluding carboxylic acids is 1. The first-order valence-electron chi connectivity index (χ1n) is 7.15. The standard InChI is InChI=1S/C14H28N2O2/c1-5-7-16(8-6-2)13(17)9-15-10-14(18,11-15)12(3)4/h12,18H,5-11H2,1-4H3. The normalized spacial score (nSPS) is 18.8. The second-order valence-corrected chi connectivity index (χ2v) is 5.78. The molecule has 1 aliphatic heterocycles. The van der Waals surface area contributed by atoms with Gasteiger partial charge in [0.25, 0.3) is 0 Å². The lowest BCUT2D eigenvalue weighted by molar-refractivity contribution is -0.149. The average molecular weight is 256 g/mol. The SMILES string of the molecule is CCCN(CCC)C(=O)CN1CC(O)(C(C)C)C1. The van der Waals surface area contributed by atoms with E-state index in [-0.39, 0.29) is 11.8 Å². The van der Waals surface area contributed by atoms with Gasteiger partial charge in [-0.1, -0.05) is 27.7 Å². The molecule has 0 aromatic carbocycles. The van der Waals surface area contributed by atoms with Crippen LogP contribution in [0.5, 0.6) is 0 Å². The maximum atomic E-state index is 12.1. The van der Waals surface area contributed by atoms with E-state index < -0.39 is 5.60 Å². The Bertz CT molecular complexity index is 267. The van der Waals surface area contributed by atoms with E-state index in [1.54, 1.807) is 0 Å². The molecule has 0 unspecified atom stereocenters. The van der Waals surface area contributed by atoms with E-state index in [1.807, 2.05) is 23.6 Å². The molecular weight excluding hydrogens is 228 g/mol. The molecule has 0 spiro atoms. The summed E-state index contributed by atoms with van der Waals surface area (Å²) in [5, 5.41) is 10.1. The zero-order chi connectivity index (χ0) is 13.8. The van der Waals surface area contributed by atoms with Gasteiger partial charge in [0, 0.05) is 26.2 Å². The number of amides is 1. The van der Waals surface area contributed by atoms with Crippen LogP contribution in [0, 0.1) is 5.92 Å². The molecule has 1 amide bonds. The number of likely N-dealkylation sites (tertiary alicyclic amines) is 1. The lowest BCUT2D eigenvalue weighted by Crippen LogP contribution is -2.65. The molecular formula is C14H28N2O2. The molecule has 1 N–H and O–H groups in total. The molecule has 18 heavy (non-hydrogen) atoms. The average Bonchev–Trinajstić information content (AvgIpc) is 2.26. The molecule has 4 nitrogen and oxygen atoms in total. The number of hydrogen-bond acceptors (Lipinski definition) is 3. The Morgan fingerprint density at radius 3 is 2.17 bits per heavy atom. The van der Waals surface area contributed by atoms with Crippen LogP contribution in [0.2, 0.25) is 0 Å². The summed E-state index contributed by atoms with van der Waals surface area (Å²) in [5.41, 5.74) is -0.583. The third-order valence-corrected chi connectivity index (χ3v) is 3.77. The van der Waals surface area contributed by atoms with Gasteiger partial charge in [-0.2, -0.15) is 0 Å². The van der Waals surface area contributed by atoms with Crippen molar-refractivity contribution in [2.24, 2.45) is 5.92 Å². The molecule has 0 saturated carbocycles. The van der Waals surface area contributed by atoms with Crippen molar-refractivity contribution in [1.82, 2.24) is 9.80 Å². The van der Waals surface area contributed by atoms with Crippen LogP contribution < -0.4 is 0 Å². The summed E-state index contributed by atoms with van der Waals surface area (Å²) in [7, 11) is 0. The van der Waals surface area contributed by atoms with Gasteiger partial charge in [-0.3, -0.25) is 9.69 Å². The van der Waals surface area contributed by atoms with Crippen LogP contribution in [0.3, 0.4) is 0 Å². The predicted octanol–water partition coefficient (Wildman–Crippen LogP) is 1.34. The summed E-state index contributed by atoms with van der Waals surface area (Å²) in [4.78, 5) is 16.1. The van der Waals surface area contributed by atoms with Crippen LogP contribution in [0.1, 0.15) is 40.5 Å². The van der Waals surface area contributed by atoms with Gasteiger partial charge >= 0.3 is 0 Å². The third-order valence-electron chi connectivity index (χ3n) is 3.77. The Labute approximate surface area is 111 Å². The first-order chi connectivity index (χ1) is 8.42. The van der Waals surface area contributed by atoms with Gasteiger partial charge in [0.15, 0.2) is 0 Å². The van der Waals surface area contributed by atoms with Gasteiger partial charge in [-0.25, -0.2) is 0 Å². The van der Waals surface area contributed by atoms with Crippen molar-refractivity contribution >= 4 is 5.91 Å². The topological polar surface area (TPSA) is 43.8 Å². The highest BCUT2D eigenvalue weighted by Gasteiger charge is 2.44. The number of carbonyl (C=O) groups is 1. The summed E-state index contributed by atoms with van der Waals surface area (Å²) < 4.78 is 0. The maximum absolute atomic E-state index is 12.1. The van der Waals surface area contributed by atoms with E-state index in [2.05, 4.69) is 13.8 Å². The van der Waals surface area contributed by atoms with Crippen LogP contribution in [-0.2, 0) is 4.79 Å². The van der Waals surface area contributed by atoms with E-state index in [0.29, 0.717) is 19.6 Å². The first kappa shape index (κ1) is 15.4. The second kappa shape index (κ2) is 6.53. The van der Waals surface area contributed by atoms with Crippen molar-refractivity contribution in [1.29, 1.82) is 0 Å². The van der Waals surface area contributed by atoms with E-state index in [0.717, 1.165) is 25.9 Å². The highest BCUT2D eigenvalue weighted by atomic mass is 16.3. The summed E-state index contributed by atoms with van der Waals surface area (Å²) in [6.45, 7) is 11.6. The minimum atomic E-state index is -0.583. The number of nitrogens with zero attached hydrogens (tertiary/aromatic N) is 2. The van der Waals surface area contributed by atoms with E-state index >= 15 is 0 Å². The summed E-state index contributed by atoms with van der Waals surface area (Å²) in [5.74, 6) is 0.454. The smallest absolute Gasteiger partial charge is 0.236 e. The largest absolute Gasteiger partial charge is 0.387 e. The highest BCUT2D eigenvalue weighted by molar-refractivity contribution is 5.78. The van der Waals surface area contributed by atoms with Gasteiger partial charge in [0.05, 0.1) is 12.1 Å². The van der Waals surface area contributed by atoms with Crippen molar-refractivity contribution in [3.05, 3.63) is 0 Å². The minimum absolute atomic E-state index is 0.199. The zero-order valence-electron chi connectivity index (χ0n) is 12.3. The molecule has 1 heterocycles. The molecule has 0 aliphatic carbocycles. The van der Waals surface area contributed by atoms with Crippen molar-refractivity contribution in [2.45, 2.75) is 46.1 Å². The summed E-state index contributed by atoms with van der Waals surface area (Å²) in [6, 6.07) is 0. The summed E-state index contributed by atoms with van der Waals surface area (Å²) in [6.07, 6.45) is 2.00. The van der Waals surface area contributed by atoms with Crippen LogP contribution in [-0.4, -0.2) is 59.1 Å². The quantitative estimate of drug-likeness (QED) is 0.747. The van der Waals surface area contributed by atoms with Crippen LogP contribution in [0.15, 0.2) is 0 Å². The second-order valence-electron chi connectivity index (χ2n) is 5.78. The molecule has 0 atom stereocenters.